The maximum Gasteiger partial charge on any atom is 0.361 e. The van der Waals surface area contributed by atoms with Crippen molar-refractivity contribution in [2.75, 3.05) is 0 Å². The van der Waals surface area contributed by atoms with E-state index in [1.165, 1.54) is 0 Å². The molecule has 0 aliphatic carbocycles. The summed E-state index contributed by atoms with van der Waals surface area (Å²) in [6, 6.07) is 0. The molecule has 5 nitrogen and oxygen atoms in total. The second-order valence-electron chi connectivity index (χ2n) is 1.69. The topological polar surface area (TPSA) is 64.2 Å². The van der Waals surface area contributed by atoms with Crippen LogP contribution in [-0.2, 0) is 0 Å². The van der Waals surface area contributed by atoms with E-state index in [9.17, 15) is 9.59 Å². The van der Waals surface area contributed by atoms with Gasteiger partial charge in [0.15, 0.2) is 0 Å². The average Bonchev–Trinajstić information content (AvgIpc) is 1.97. The molecule has 1 aromatic rings. The summed E-state index contributed by atoms with van der Waals surface area (Å²) in [5.74, 6) is -0.686. The van der Waals surface area contributed by atoms with Gasteiger partial charge in [-0.1, -0.05) is 0 Å². The molecule has 0 spiro atoms. The highest BCUT2D eigenvalue weighted by atomic mass is 35.5. The lowest BCUT2D eigenvalue weighted by molar-refractivity contribution is 0.459. The third-order valence-corrected chi connectivity index (χ3v) is 1.52. The third-order valence-electron chi connectivity index (χ3n) is 0.984. The lowest BCUT2D eigenvalue weighted by atomic mass is 10.6. The van der Waals surface area contributed by atoms with Gasteiger partial charge in [-0.3, -0.25) is 4.79 Å². The molecule has 1 heterocycles. The highest BCUT2D eigenvalue weighted by Gasteiger charge is 2.06. The highest BCUT2D eigenvalue weighted by molar-refractivity contribution is 6.17. The van der Waals surface area contributed by atoms with Gasteiger partial charge in [-0.05, 0) is 0 Å². The molecule has 0 aromatic carbocycles. The van der Waals surface area contributed by atoms with E-state index < -0.39 is 17.0 Å². The van der Waals surface area contributed by atoms with Crippen LogP contribution in [0.3, 0.4) is 0 Å². The number of rotatable bonds is 0. The fourth-order valence-corrected chi connectivity index (χ4v) is 0.864. The molecule has 0 bridgehead atoms. The molecule has 1 rings (SSSR count). The lowest BCUT2D eigenvalue weighted by Crippen LogP contribution is -2.31. The van der Waals surface area contributed by atoms with Gasteiger partial charge in [-0.2, -0.15) is 4.09 Å². The first-order chi connectivity index (χ1) is 5.04. The minimum absolute atomic E-state index is 0.183. The Kier molecular flexibility index (Phi) is 1.92. The molecule has 0 fully saturated rings. The van der Waals surface area contributed by atoms with Crippen molar-refractivity contribution >= 4 is 23.6 Å². The molecule has 1 N–H and O–H groups in total. The Bertz CT molecular complexity index is 359. The molecule has 0 aliphatic rings. The fraction of sp³-hybridized carbons (Fsp3) is 0. The molecule has 0 amide bonds. The van der Waals surface area contributed by atoms with E-state index in [-0.39, 0.29) is 4.09 Å². The summed E-state index contributed by atoms with van der Waals surface area (Å²) in [7, 11) is 0. The van der Waals surface area contributed by atoms with Crippen molar-refractivity contribution in [3.05, 3.63) is 27.0 Å². The minimum atomic E-state index is -0.992. The van der Waals surface area contributed by atoms with Crippen LogP contribution in [0.15, 0.2) is 15.8 Å². The first-order valence-electron chi connectivity index (χ1n) is 2.44. The van der Waals surface area contributed by atoms with Gasteiger partial charge in [0.2, 0.25) is 5.75 Å². The molecule has 60 valence electrons. The normalized spacial score (nSPS) is 10.0. The van der Waals surface area contributed by atoms with Gasteiger partial charge in [-0.15, -0.1) is 0 Å². The maximum atomic E-state index is 10.7. The van der Waals surface area contributed by atoms with E-state index in [4.69, 9.17) is 28.7 Å². The first kappa shape index (κ1) is 8.16. The summed E-state index contributed by atoms with van der Waals surface area (Å²) in [5.41, 5.74) is -1.91. The van der Waals surface area contributed by atoms with Crippen molar-refractivity contribution < 1.29 is 5.11 Å². The van der Waals surface area contributed by atoms with Gasteiger partial charge in [0, 0.05) is 23.6 Å². The van der Waals surface area contributed by atoms with Crippen LogP contribution in [0, 0.1) is 0 Å². The maximum absolute atomic E-state index is 10.7. The second kappa shape index (κ2) is 2.60. The van der Waals surface area contributed by atoms with E-state index >= 15 is 0 Å². The largest absolute Gasteiger partial charge is 0.502 e. The van der Waals surface area contributed by atoms with Gasteiger partial charge in [-0.25, -0.2) is 8.88 Å². The molecule has 0 saturated carbocycles. The minimum Gasteiger partial charge on any atom is -0.502 e. The van der Waals surface area contributed by atoms with Crippen LogP contribution in [-0.4, -0.2) is 13.3 Å². The summed E-state index contributed by atoms with van der Waals surface area (Å²) < 4.78 is 0.659. The molecule has 11 heavy (non-hydrogen) atoms. The summed E-state index contributed by atoms with van der Waals surface area (Å²) in [5, 5.41) is 8.74. The van der Waals surface area contributed by atoms with Crippen LogP contribution >= 0.6 is 23.6 Å². The van der Waals surface area contributed by atoms with Gasteiger partial charge in [0.1, 0.15) is 0 Å². The monoisotopic (exact) mass is 196 g/mol. The van der Waals surface area contributed by atoms with Crippen molar-refractivity contribution in [1.29, 1.82) is 0 Å². The van der Waals surface area contributed by atoms with Crippen LogP contribution < -0.4 is 11.2 Å². The van der Waals surface area contributed by atoms with E-state index in [0.29, 0.717) is 4.09 Å². The molecule has 1 aromatic heterocycles. The zero-order valence-electron chi connectivity index (χ0n) is 4.99. The van der Waals surface area contributed by atoms with Crippen molar-refractivity contribution in [2.45, 2.75) is 0 Å². The number of hydrogen-bond donors (Lipinski definition) is 1. The van der Waals surface area contributed by atoms with Gasteiger partial charge in [0.25, 0.3) is 0 Å². The van der Waals surface area contributed by atoms with Crippen LogP contribution in [0.2, 0.25) is 0 Å². The lowest BCUT2D eigenvalue weighted by Gasteiger charge is -1.96. The molecular weight excluding hydrogens is 195 g/mol. The standard InChI is InChI=1S/C4H2Cl2N2O3/c5-7-1-2(9)3(10)8(6)4(7)11/h1,9H. The van der Waals surface area contributed by atoms with Crippen LogP contribution in [0.1, 0.15) is 0 Å². The zero-order valence-corrected chi connectivity index (χ0v) is 6.50. The Morgan fingerprint density at radius 1 is 1.36 bits per heavy atom. The smallest absolute Gasteiger partial charge is 0.361 e. The van der Waals surface area contributed by atoms with Gasteiger partial charge in [0.05, 0.1) is 6.20 Å². The Labute approximate surface area is 70.2 Å². The van der Waals surface area contributed by atoms with Crippen molar-refractivity contribution in [2.24, 2.45) is 0 Å². The second-order valence-corrected chi connectivity index (χ2v) is 2.40. The number of aromatic hydroxyl groups is 1. The summed E-state index contributed by atoms with van der Waals surface area (Å²) in [6.07, 6.45) is 0.769. The fourth-order valence-electron chi connectivity index (χ4n) is 0.489. The van der Waals surface area contributed by atoms with E-state index in [2.05, 4.69) is 0 Å². The van der Waals surface area contributed by atoms with Crippen LogP contribution in [0.5, 0.6) is 5.75 Å². The van der Waals surface area contributed by atoms with E-state index in [0.717, 1.165) is 6.20 Å². The average molecular weight is 197 g/mol. The SMILES string of the molecule is O=c1c(O)cn(Cl)c(=O)n1Cl. The molecule has 7 heteroatoms. The van der Waals surface area contributed by atoms with E-state index in [1.54, 1.807) is 0 Å². The quantitative estimate of drug-likeness (QED) is 0.621. The summed E-state index contributed by atoms with van der Waals surface area (Å²) in [6.45, 7) is 0. The first-order valence-corrected chi connectivity index (χ1v) is 3.11. The Morgan fingerprint density at radius 2 is 1.91 bits per heavy atom. The van der Waals surface area contributed by atoms with Crippen molar-refractivity contribution in [1.82, 2.24) is 8.17 Å². The predicted molar refractivity (Wildman–Crippen MR) is 39.1 cm³/mol. The summed E-state index contributed by atoms with van der Waals surface area (Å²) in [4.78, 5) is 21.3. The van der Waals surface area contributed by atoms with Crippen LogP contribution in [0.4, 0.5) is 0 Å². The molecule has 0 saturated heterocycles. The molecule has 0 radical (unpaired) electrons. The number of hydrogen-bond acceptors (Lipinski definition) is 3. The van der Waals surface area contributed by atoms with Gasteiger partial charge >= 0.3 is 11.2 Å². The Morgan fingerprint density at radius 3 is 2.45 bits per heavy atom. The molecule has 0 atom stereocenters. The molecule has 0 aliphatic heterocycles. The van der Waals surface area contributed by atoms with Crippen molar-refractivity contribution in [3.8, 4) is 5.75 Å². The predicted octanol–water partition coefficient (Wildman–Crippen LogP) is -0.281. The summed E-state index contributed by atoms with van der Waals surface area (Å²) >= 11 is 10.3. The molecule has 0 unspecified atom stereocenters. The number of halogens is 2. The van der Waals surface area contributed by atoms with Crippen molar-refractivity contribution in [3.63, 3.8) is 0 Å². The molecular formula is C4H2Cl2N2O3. The zero-order chi connectivity index (χ0) is 8.59. The van der Waals surface area contributed by atoms with Gasteiger partial charge < -0.3 is 5.11 Å². The highest BCUT2D eigenvalue weighted by Crippen LogP contribution is 1.96. The Balaban J connectivity index is 3.74. The Hall–Kier alpha value is -0.940. The third kappa shape index (κ3) is 1.24. The van der Waals surface area contributed by atoms with Crippen LogP contribution in [0.25, 0.3) is 0 Å². The number of nitrogens with zero attached hydrogens (tertiary/aromatic N) is 2. The van der Waals surface area contributed by atoms with E-state index in [1.807, 2.05) is 0 Å². The number of aromatic nitrogens is 2.